The maximum Gasteiger partial charge on any atom is 0.251 e. The zero-order chi connectivity index (χ0) is 15.2. The third-order valence-corrected chi connectivity index (χ3v) is 3.53. The van der Waals surface area contributed by atoms with E-state index in [-0.39, 0.29) is 18.4 Å². The van der Waals surface area contributed by atoms with Gasteiger partial charge in [-0.2, -0.15) is 0 Å². The van der Waals surface area contributed by atoms with Gasteiger partial charge in [0.25, 0.3) is 5.91 Å². The van der Waals surface area contributed by atoms with Crippen LogP contribution in [0.3, 0.4) is 0 Å². The highest BCUT2D eigenvalue weighted by atomic mass is 35.5. The first-order chi connectivity index (χ1) is 10.1. The molecule has 1 saturated heterocycles. The average Bonchev–Trinajstić information content (AvgIpc) is 2.48. The molecule has 1 heterocycles. The van der Waals surface area contributed by atoms with Gasteiger partial charge in [0.1, 0.15) is 6.61 Å². The van der Waals surface area contributed by atoms with Gasteiger partial charge >= 0.3 is 0 Å². The van der Waals surface area contributed by atoms with Crippen LogP contribution >= 0.6 is 11.6 Å². The summed E-state index contributed by atoms with van der Waals surface area (Å²) in [6.07, 6.45) is -0.792. The lowest BCUT2D eigenvalue weighted by Crippen LogP contribution is -2.53. The molecule has 21 heavy (non-hydrogen) atoms. The number of carbonyl (C=O) groups is 2. The standard InChI is InChI=1S/C14H18ClN3O3/c1-16-6-7-17-14(20)13-12(18-11(19)8-21-13)9-4-2-3-5-10(9)15/h2-5,12-13,16H,6-8H2,1H3,(H,17,20)(H,18,19)/t12-,13+/m1/s1. The van der Waals surface area contributed by atoms with Gasteiger partial charge < -0.3 is 20.7 Å². The first kappa shape index (κ1) is 15.8. The van der Waals surface area contributed by atoms with Gasteiger partial charge in [-0.05, 0) is 18.7 Å². The predicted octanol–water partition coefficient (Wildman–Crippen LogP) is 0.232. The minimum atomic E-state index is -0.792. The first-order valence-electron chi connectivity index (χ1n) is 6.71. The molecule has 7 heteroatoms. The minimum Gasteiger partial charge on any atom is -0.356 e. The monoisotopic (exact) mass is 311 g/mol. The van der Waals surface area contributed by atoms with E-state index in [9.17, 15) is 9.59 Å². The number of benzene rings is 1. The van der Waals surface area contributed by atoms with E-state index < -0.39 is 12.1 Å². The number of morpholine rings is 1. The normalized spacial score (nSPS) is 21.7. The van der Waals surface area contributed by atoms with Crippen molar-refractivity contribution in [2.24, 2.45) is 0 Å². The summed E-state index contributed by atoms with van der Waals surface area (Å²) in [5.41, 5.74) is 0.668. The van der Waals surface area contributed by atoms with Crippen molar-refractivity contribution in [1.82, 2.24) is 16.0 Å². The Morgan fingerprint density at radius 3 is 2.90 bits per heavy atom. The Morgan fingerprint density at radius 2 is 2.19 bits per heavy atom. The Morgan fingerprint density at radius 1 is 1.43 bits per heavy atom. The fourth-order valence-electron chi connectivity index (χ4n) is 2.16. The zero-order valence-electron chi connectivity index (χ0n) is 11.7. The van der Waals surface area contributed by atoms with Gasteiger partial charge in [0.15, 0.2) is 6.10 Å². The van der Waals surface area contributed by atoms with Gasteiger partial charge in [-0.1, -0.05) is 29.8 Å². The molecule has 2 amide bonds. The number of likely N-dealkylation sites (N-methyl/N-ethyl adjacent to an activating group) is 1. The molecule has 0 aromatic heterocycles. The van der Waals surface area contributed by atoms with Gasteiger partial charge in [-0.3, -0.25) is 9.59 Å². The Labute approximate surface area is 128 Å². The Hall–Kier alpha value is -1.63. The average molecular weight is 312 g/mol. The molecule has 114 valence electrons. The first-order valence-corrected chi connectivity index (χ1v) is 7.09. The molecule has 2 rings (SSSR count). The van der Waals surface area contributed by atoms with Crippen LogP contribution < -0.4 is 16.0 Å². The molecule has 0 bridgehead atoms. The second-order valence-corrected chi connectivity index (χ2v) is 5.10. The largest absolute Gasteiger partial charge is 0.356 e. The second-order valence-electron chi connectivity index (χ2n) is 4.69. The molecular weight excluding hydrogens is 294 g/mol. The summed E-state index contributed by atoms with van der Waals surface area (Å²) >= 11 is 6.15. The molecule has 0 spiro atoms. The van der Waals surface area contributed by atoms with Crippen molar-refractivity contribution in [2.45, 2.75) is 12.1 Å². The number of nitrogens with one attached hydrogen (secondary N) is 3. The van der Waals surface area contributed by atoms with E-state index in [4.69, 9.17) is 16.3 Å². The third-order valence-electron chi connectivity index (χ3n) is 3.19. The van der Waals surface area contributed by atoms with Crippen LogP contribution in [0.2, 0.25) is 5.02 Å². The van der Waals surface area contributed by atoms with Crippen LogP contribution in [0.5, 0.6) is 0 Å². The number of amides is 2. The molecule has 0 unspecified atom stereocenters. The molecule has 0 aliphatic carbocycles. The quantitative estimate of drug-likeness (QED) is 0.680. The van der Waals surface area contributed by atoms with Crippen LogP contribution in [0.25, 0.3) is 0 Å². The highest BCUT2D eigenvalue weighted by molar-refractivity contribution is 6.31. The molecule has 1 aromatic rings. The molecular formula is C14H18ClN3O3. The summed E-state index contributed by atoms with van der Waals surface area (Å²) in [6, 6.07) is 6.50. The fraction of sp³-hybridized carbons (Fsp3) is 0.429. The number of ether oxygens (including phenoxy) is 1. The van der Waals surface area contributed by atoms with E-state index in [1.54, 1.807) is 31.3 Å². The number of halogens is 1. The van der Waals surface area contributed by atoms with Crippen molar-refractivity contribution in [1.29, 1.82) is 0 Å². The van der Waals surface area contributed by atoms with Crippen LogP contribution in [-0.2, 0) is 14.3 Å². The van der Waals surface area contributed by atoms with E-state index in [1.807, 2.05) is 0 Å². The summed E-state index contributed by atoms with van der Waals surface area (Å²) in [7, 11) is 1.80. The molecule has 1 fully saturated rings. The number of hydrogen-bond donors (Lipinski definition) is 3. The minimum absolute atomic E-state index is 0.134. The van der Waals surface area contributed by atoms with Crippen molar-refractivity contribution in [3.8, 4) is 0 Å². The van der Waals surface area contributed by atoms with Gasteiger partial charge in [0.2, 0.25) is 5.91 Å². The van der Waals surface area contributed by atoms with Crippen LogP contribution in [-0.4, -0.2) is 44.7 Å². The molecule has 1 aromatic carbocycles. The Balaban J connectivity index is 2.16. The highest BCUT2D eigenvalue weighted by Gasteiger charge is 2.36. The summed E-state index contributed by atoms with van der Waals surface area (Å²) in [4.78, 5) is 23.8. The number of rotatable bonds is 5. The van der Waals surface area contributed by atoms with E-state index in [0.717, 1.165) is 0 Å². The second kappa shape index (κ2) is 7.40. The van der Waals surface area contributed by atoms with E-state index in [2.05, 4.69) is 16.0 Å². The molecule has 3 N–H and O–H groups in total. The SMILES string of the molecule is CNCCNC(=O)[C@H]1OCC(=O)N[C@@H]1c1ccccc1Cl. The third kappa shape index (κ3) is 3.93. The van der Waals surface area contributed by atoms with Crippen molar-refractivity contribution in [3.63, 3.8) is 0 Å². The van der Waals surface area contributed by atoms with Crippen molar-refractivity contribution in [3.05, 3.63) is 34.9 Å². The zero-order valence-corrected chi connectivity index (χ0v) is 12.4. The van der Waals surface area contributed by atoms with E-state index in [1.165, 1.54) is 0 Å². The van der Waals surface area contributed by atoms with Gasteiger partial charge in [-0.15, -0.1) is 0 Å². The lowest BCUT2D eigenvalue weighted by Gasteiger charge is -2.32. The number of hydrogen-bond acceptors (Lipinski definition) is 4. The summed E-state index contributed by atoms with van der Waals surface area (Å²) in [6.45, 7) is 1.00. The van der Waals surface area contributed by atoms with E-state index >= 15 is 0 Å². The summed E-state index contributed by atoms with van der Waals surface area (Å²) < 4.78 is 5.40. The molecule has 1 aliphatic heterocycles. The lowest BCUT2D eigenvalue weighted by molar-refractivity contribution is -0.148. The van der Waals surface area contributed by atoms with Crippen molar-refractivity contribution in [2.75, 3.05) is 26.7 Å². The molecule has 2 atom stereocenters. The van der Waals surface area contributed by atoms with E-state index in [0.29, 0.717) is 23.7 Å². The van der Waals surface area contributed by atoms with Gasteiger partial charge in [0.05, 0.1) is 6.04 Å². The fourth-order valence-corrected chi connectivity index (χ4v) is 2.41. The van der Waals surface area contributed by atoms with Crippen LogP contribution in [0.4, 0.5) is 0 Å². The molecule has 0 radical (unpaired) electrons. The van der Waals surface area contributed by atoms with Gasteiger partial charge in [0, 0.05) is 18.1 Å². The highest BCUT2D eigenvalue weighted by Crippen LogP contribution is 2.28. The summed E-state index contributed by atoms with van der Waals surface area (Å²) in [5, 5.41) is 8.96. The predicted molar refractivity (Wildman–Crippen MR) is 79.0 cm³/mol. The lowest BCUT2D eigenvalue weighted by atomic mass is 9.99. The van der Waals surface area contributed by atoms with Crippen molar-refractivity contribution >= 4 is 23.4 Å². The topological polar surface area (TPSA) is 79.5 Å². The van der Waals surface area contributed by atoms with Crippen LogP contribution in [0.1, 0.15) is 11.6 Å². The maximum atomic E-state index is 12.2. The molecule has 6 nitrogen and oxygen atoms in total. The molecule has 0 saturated carbocycles. The van der Waals surface area contributed by atoms with Gasteiger partial charge in [-0.25, -0.2) is 0 Å². The molecule has 1 aliphatic rings. The van der Waals surface area contributed by atoms with Crippen LogP contribution in [0, 0.1) is 0 Å². The summed E-state index contributed by atoms with van der Waals surface area (Å²) in [5.74, 6) is -0.533. The number of carbonyl (C=O) groups excluding carboxylic acids is 2. The smallest absolute Gasteiger partial charge is 0.251 e. The van der Waals surface area contributed by atoms with Crippen molar-refractivity contribution < 1.29 is 14.3 Å². The Bertz CT molecular complexity index is 524. The Kier molecular flexibility index (Phi) is 5.55. The van der Waals surface area contributed by atoms with Crippen LogP contribution in [0.15, 0.2) is 24.3 Å². The maximum absolute atomic E-state index is 12.2.